The maximum Gasteiger partial charge on any atom is 0.251 e. The molecule has 0 aliphatic heterocycles. The summed E-state index contributed by atoms with van der Waals surface area (Å²) in [6.45, 7) is 3.78. The van der Waals surface area contributed by atoms with Gasteiger partial charge < -0.3 is 14.8 Å². The molecule has 29 heavy (non-hydrogen) atoms. The van der Waals surface area contributed by atoms with E-state index in [9.17, 15) is 4.79 Å². The third kappa shape index (κ3) is 6.34. The summed E-state index contributed by atoms with van der Waals surface area (Å²) < 4.78 is 11.5. The molecular formula is C24H24ClNO3. The monoisotopic (exact) mass is 409 g/mol. The van der Waals surface area contributed by atoms with Crippen molar-refractivity contribution in [2.75, 3.05) is 6.61 Å². The van der Waals surface area contributed by atoms with Crippen molar-refractivity contribution in [2.45, 2.75) is 26.7 Å². The Kier molecular flexibility index (Phi) is 7.68. The highest BCUT2D eigenvalue weighted by Gasteiger charge is 2.11. The minimum atomic E-state index is -0.146. The van der Waals surface area contributed by atoms with Gasteiger partial charge in [0.05, 0.1) is 19.8 Å². The zero-order valence-electron chi connectivity index (χ0n) is 16.4. The van der Waals surface area contributed by atoms with E-state index in [0.29, 0.717) is 37.0 Å². The summed E-state index contributed by atoms with van der Waals surface area (Å²) in [4.78, 5) is 12.6. The first-order valence-electron chi connectivity index (χ1n) is 9.55. The van der Waals surface area contributed by atoms with Gasteiger partial charge in [0.15, 0.2) is 0 Å². The van der Waals surface area contributed by atoms with Crippen molar-refractivity contribution in [3.05, 3.63) is 100 Å². The van der Waals surface area contributed by atoms with E-state index in [4.69, 9.17) is 21.1 Å². The number of amides is 1. The summed E-state index contributed by atoms with van der Waals surface area (Å²) in [6, 6.07) is 22.8. The Labute approximate surface area is 176 Å². The highest BCUT2D eigenvalue weighted by Crippen LogP contribution is 2.22. The molecule has 0 aromatic heterocycles. The van der Waals surface area contributed by atoms with Crippen LogP contribution in [0.3, 0.4) is 0 Å². The minimum Gasteiger partial charge on any atom is -0.494 e. The van der Waals surface area contributed by atoms with E-state index < -0.39 is 0 Å². The van der Waals surface area contributed by atoms with Gasteiger partial charge in [0.2, 0.25) is 0 Å². The lowest BCUT2D eigenvalue weighted by molar-refractivity contribution is 0.0948. The second kappa shape index (κ2) is 10.6. The van der Waals surface area contributed by atoms with E-state index in [1.54, 1.807) is 6.07 Å². The number of ether oxygens (including phenoxy) is 2. The third-order valence-electron chi connectivity index (χ3n) is 4.36. The first-order chi connectivity index (χ1) is 14.2. The number of carbonyl (C=O) groups is 1. The smallest absolute Gasteiger partial charge is 0.251 e. The lowest BCUT2D eigenvalue weighted by atomic mass is 10.1. The van der Waals surface area contributed by atoms with E-state index in [0.717, 1.165) is 22.4 Å². The van der Waals surface area contributed by atoms with E-state index in [2.05, 4.69) is 5.32 Å². The molecule has 0 heterocycles. The molecule has 0 bridgehead atoms. The lowest BCUT2D eigenvalue weighted by Crippen LogP contribution is -2.23. The fourth-order valence-electron chi connectivity index (χ4n) is 2.87. The Hall–Kier alpha value is -2.82. The van der Waals surface area contributed by atoms with Crippen molar-refractivity contribution >= 4 is 17.5 Å². The van der Waals surface area contributed by atoms with Gasteiger partial charge in [0.25, 0.3) is 5.91 Å². The van der Waals surface area contributed by atoms with Crippen molar-refractivity contribution in [1.29, 1.82) is 0 Å². The summed E-state index contributed by atoms with van der Waals surface area (Å²) in [5, 5.41) is 3.60. The summed E-state index contributed by atoms with van der Waals surface area (Å²) in [5.41, 5.74) is 3.50. The second-order valence-electron chi connectivity index (χ2n) is 6.54. The van der Waals surface area contributed by atoms with Gasteiger partial charge in [-0.2, -0.15) is 0 Å². The molecule has 3 aromatic rings. The summed E-state index contributed by atoms with van der Waals surface area (Å²) in [7, 11) is 0. The van der Waals surface area contributed by atoms with Crippen molar-refractivity contribution in [3.63, 3.8) is 0 Å². The van der Waals surface area contributed by atoms with Crippen molar-refractivity contribution in [3.8, 4) is 5.75 Å². The standard InChI is InChI=1S/C24H24ClNO3/c1-2-29-23-13-10-20(24(27)26-15-18-8-11-22(25)12-9-18)14-21(23)17-28-16-19-6-4-3-5-7-19/h3-14H,2,15-17H2,1H3,(H,26,27). The van der Waals surface area contributed by atoms with Gasteiger partial charge in [-0.3, -0.25) is 4.79 Å². The first-order valence-corrected chi connectivity index (χ1v) is 9.93. The molecule has 0 saturated heterocycles. The molecule has 0 aliphatic rings. The van der Waals surface area contributed by atoms with Crippen LogP contribution in [0.15, 0.2) is 72.8 Å². The predicted molar refractivity (Wildman–Crippen MR) is 115 cm³/mol. The van der Waals surface area contributed by atoms with Crippen LogP contribution >= 0.6 is 11.6 Å². The van der Waals surface area contributed by atoms with Crippen LogP contribution in [0.4, 0.5) is 0 Å². The topological polar surface area (TPSA) is 47.6 Å². The van der Waals surface area contributed by atoms with Crippen LogP contribution in [0, 0.1) is 0 Å². The number of carbonyl (C=O) groups excluding carboxylic acids is 1. The predicted octanol–water partition coefficient (Wildman–Crippen LogP) is 5.39. The Bertz CT molecular complexity index is 927. The number of benzene rings is 3. The van der Waals surface area contributed by atoms with Gasteiger partial charge in [-0.25, -0.2) is 0 Å². The molecule has 0 unspecified atom stereocenters. The Morgan fingerprint density at radius 2 is 1.69 bits per heavy atom. The minimum absolute atomic E-state index is 0.146. The molecule has 1 N–H and O–H groups in total. The maximum absolute atomic E-state index is 12.6. The van der Waals surface area contributed by atoms with Gasteiger partial charge in [0.1, 0.15) is 5.75 Å². The molecule has 3 rings (SSSR count). The molecule has 1 amide bonds. The third-order valence-corrected chi connectivity index (χ3v) is 4.61. The van der Waals surface area contributed by atoms with Crippen LogP contribution in [0.2, 0.25) is 5.02 Å². The van der Waals surface area contributed by atoms with Crippen molar-refractivity contribution < 1.29 is 14.3 Å². The summed E-state index contributed by atoms with van der Waals surface area (Å²) in [5.74, 6) is 0.585. The van der Waals surface area contributed by atoms with E-state index >= 15 is 0 Å². The molecule has 0 aliphatic carbocycles. The normalized spacial score (nSPS) is 10.6. The SMILES string of the molecule is CCOc1ccc(C(=O)NCc2ccc(Cl)cc2)cc1COCc1ccccc1. The average Bonchev–Trinajstić information content (AvgIpc) is 2.75. The quantitative estimate of drug-likeness (QED) is 0.515. The fourth-order valence-corrected chi connectivity index (χ4v) is 3.00. The van der Waals surface area contributed by atoms with E-state index in [-0.39, 0.29) is 5.91 Å². The molecule has 0 saturated carbocycles. The molecule has 3 aromatic carbocycles. The van der Waals surface area contributed by atoms with E-state index in [1.165, 1.54) is 0 Å². The van der Waals surface area contributed by atoms with Crippen LogP contribution in [0.1, 0.15) is 34.0 Å². The molecule has 0 atom stereocenters. The first kappa shape index (κ1) is 20.9. The van der Waals surface area contributed by atoms with Crippen LogP contribution < -0.4 is 10.1 Å². The fraction of sp³-hybridized carbons (Fsp3) is 0.208. The lowest BCUT2D eigenvalue weighted by Gasteiger charge is -2.13. The number of hydrogen-bond donors (Lipinski definition) is 1. The van der Waals surface area contributed by atoms with Gasteiger partial charge in [-0.05, 0) is 48.4 Å². The maximum atomic E-state index is 12.6. The highest BCUT2D eigenvalue weighted by molar-refractivity contribution is 6.30. The molecule has 0 spiro atoms. The largest absolute Gasteiger partial charge is 0.494 e. The zero-order chi connectivity index (χ0) is 20.5. The van der Waals surface area contributed by atoms with Crippen molar-refractivity contribution in [2.24, 2.45) is 0 Å². The molecule has 150 valence electrons. The Morgan fingerprint density at radius 1 is 0.931 bits per heavy atom. The molecular weight excluding hydrogens is 386 g/mol. The van der Waals surface area contributed by atoms with Crippen LogP contribution in [-0.2, 0) is 24.5 Å². The molecule has 0 radical (unpaired) electrons. The Balaban J connectivity index is 1.64. The van der Waals surface area contributed by atoms with Crippen LogP contribution in [0.5, 0.6) is 5.75 Å². The number of hydrogen-bond acceptors (Lipinski definition) is 3. The van der Waals surface area contributed by atoms with Crippen LogP contribution in [-0.4, -0.2) is 12.5 Å². The Morgan fingerprint density at radius 3 is 2.41 bits per heavy atom. The average molecular weight is 410 g/mol. The highest BCUT2D eigenvalue weighted by atomic mass is 35.5. The van der Waals surface area contributed by atoms with Crippen molar-refractivity contribution in [1.82, 2.24) is 5.32 Å². The summed E-state index contributed by atoms with van der Waals surface area (Å²) >= 11 is 5.90. The van der Waals surface area contributed by atoms with Crippen LogP contribution in [0.25, 0.3) is 0 Å². The second-order valence-corrected chi connectivity index (χ2v) is 6.98. The number of halogens is 1. The number of nitrogens with one attached hydrogen (secondary N) is 1. The number of rotatable bonds is 9. The van der Waals surface area contributed by atoms with Gasteiger partial charge >= 0.3 is 0 Å². The molecule has 0 fully saturated rings. The van der Waals surface area contributed by atoms with Gasteiger partial charge in [-0.1, -0.05) is 54.1 Å². The van der Waals surface area contributed by atoms with E-state index in [1.807, 2.05) is 73.7 Å². The molecule has 4 nitrogen and oxygen atoms in total. The van der Waals surface area contributed by atoms with Gasteiger partial charge in [-0.15, -0.1) is 0 Å². The summed E-state index contributed by atoms with van der Waals surface area (Å²) in [6.07, 6.45) is 0. The zero-order valence-corrected chi connectivity index (χ0v) is 17.1. The van der Waals surface area contributed by atoms with Gasteiger partial charge in [0, 0.05) is 22.7 Å². The molecule has 5 heteroatoms.